The number of hydrogen-bond donors (Lipinski definition) is 4. The maximum atomic E-state index is 13.4. The van der Waals surface area contributed by atoms with Crippen LogP contribution in [0.25, 0.3) is 0 Å². The van der Waals surface area contributed by atoms with E-state index in [1.54, 1.807) is 6.07 Å². The van der Waals surface area contributed by atoms with Gasteiger partial charge in [-0.25, -0.2) is 0 Å². The van der Waals surface area contributed by atoms with Crippen molar-refractivity contribution in [3.8, 4) is 11.5 Å². The maximum absolute atomic E-state index is 13.4. The molecular formula is C24H30N2O4. The van der Waals surface area contributed by atoms with Crippen LogP contribution in [0.15, 0.2) is 12.1 Å². The molecule has 0 atom stereocenters. The monoisotopic (exact) mass is 410 g/mol. The Morgan fingerprint density at radius 3 is 1.90 bits per heavy atom. The van der Waals surface area contributed by atoms with Gasteiger partial charge in [0.05, 0.1) is 22.3 Å². The van der Waals surface area contributed by atoms with Gasteiger partial charge in [-0.2, -0.15) is 0 Å². The van der Waals surface area contributed by atoms with E-state index in [0.29, 0.717) is 24.0 Å². The standard InChI is InChI=1S/C24H30N2O4/c1-3-5-7-9-13-12-16(27)18-19(21(13)26)24(30)20-17(23(18)29)15(25)11-14(22(20)28)10-8-6-4-2/h11-12,27-28H,3-10,25-26H2,1-2H3. The number of nitrogen functional groups attached to an aromatic ring is 2. The summed E-state index contributed by atoms with van der Waals surface area (Å²) >= 11 is 0. The minimum atomic E-state index is -0.586. The molecule has 160 valence electrons. The van der Waals surface area contributed by atoms with Gasteiger partial charge in [-0.15, -0.1) is 0 Å². The van der Waals surface area contributed by atoms with Gasteiger partial charge in [-0.3, -0.25) is 9.59 Å². The van der Waals surface area contributed by atoms with E-state index in [1.807, 2.05) is 0 Å². The third-order valence-corrected chi connectivity index (χ3v) is 5.85. The molecule has 0 saturated carbocycles. The molecule has 3 rings (SSSR count). The summed E-state index contributed by atoms with van der Waals surface area (Å²) in [5.41, 5.74) is 13.6. The Labute approximate surface area is 176 Å². The molecular weight excluding hydrogens is 380 g/mol. The number of unbranched alkanes of at least 4 members (excludes halogenated alkanes) is 4. The number of nitrogens with two attached hydrogens (primary N) is 2. The highest BCUT2D eigenvalue weighted by atomic mass is 16.3. The molecule has 2 aromatic carbocycles. The zero-order valence-electron chi connectivity index (χ0n) is 17.7. The van der Waals surface area contributed by atoms with Crippen molar-refractivity contribution in [1.82, 2.24) is 0 Å². The molecule has 30 heavy (non-hydrogen) atoms. The van der Waals surface area contributed by atoms with Gasteiger partial charge < -0.3 is 21.7 Å². The van der Waals surface area contributed by atoms with E-state index in [-0.39, 0.29) is 45.1 Å². The third-order valence-electron chi connectivity index (χ3n) is 5.85. The molecule has 0 radical (unpaired) electrons. The zero-order chi connectivity index (χ0) is 22.0. The van der Waals surface area contributed by atoms with E-state index in [4.69, 9.17) is 11.5 Å². The fourth-order valence-corrected chi connectivity index (χ4v) is 4.20. The number of aryl methyl sites for hydroxylation is 2. The molecule has 1 aliphatic rings. The number of aromatic hydroxyl groups is 2. The molecule has 0 saturated heterocycles. The number of phenolic OH excluding ortho intramolecular Hbond substituents is 2. The summed E-state index contributed by atoms with van der Waals surface area (Å²) in [7, 11) is 0. The lowest BCUT2D eigenvalue weighted by Gasteiger charge is -2.24. The van der Waals surface area contributed by atoms with Crippen LogP contribution in [-0.4, -0.2) is 21.8 Å². The molecule has 0 heterocycles. The molecule has 0 aliphatic heterocycles. The summed E-state index contributed by atoms with van der Waals surface area (Å²) in [5, 5.41) is 21.4. The maximum Gasteiger partial charge on any atom is 0.200 e. The van der Waals surface area contributed by atoms with E-state index in [9.17, 15) is 19.8 Å². The molecule has 2 aromatic rings. The first-order chi connectivity index (χ1) is 14.3. The molecule has 6 heteroatoms. The van der Waals surface area contributed by atoms with Gasteiger partial charge >= 0.3 is 0 Å². The van der Waals surface area contributed by atoms with Gasteiger partial charge in [0.2, 0.25) is 11.6 Å². The molecule has 0 fully saturated rings. The number of benzene rings is 2. The third kappa shape index (κ3) is 3.62. The van der Waals surface area contributed by atoms with Crippen molar-refractivity contribution in [2.45, 2.75) is 65.2 Å². The summed E-state index contributed by atoms with van der Waals surface area (Å²) in [6.45, 7) is 4.16. The fraction of sp³-hybridized carbons (Fsp3) is 0.417. The molecule has 0 aromatic heterocycles. The van der Waals surface area contributed by atoms with Gasteiger partial charge in [-0.1, -0.05) is 39.5 Å². The molecule has 6 nitrogen and oxygen atoms in total. The number of anilines is 2. The number of ketones is 2. The molecule has 0 amide bonds. The lowest BCUT2D eigenvalue weighted by Crippen LogP contribution is -2.25. The second kappa shape index (κ2) is 8.78. The highest BCUT2D eigenvalue weighted by Gasteiger charge is 2.38. The zero-order valence-corrected chi connectivity index (χ0v) is 17.7. The van der Waals surface area contributed by atoms with Crippen molar-refractivity contribution in [2.75, 3.05) is 11.5 Å². The van der Waals surface area contributed by atoms with Crippen LogP contribution >= 0.6 is 0 Å². The summed E-state index contributed by atoms with van der Waals surface area (Å²) in [6.07, 6.45) is 6.87. The Bertz CT molecular complexity index is 934. The van der Waals surface area contributed by atoms with Crippen LogP contribution in [0.3, 0.4) is 0 Å². The fourth-order valence-electron chi connectivity index (χ4n) is 4.20. The average Bonchev–Trinajstić information content (AvgIpc) is 2.70. The first-order valence-corrected chi connectivity index (χ1v) is 10.7. The van der Waals surface area contributed by atoms with Crippen LogP contribution < -0.4 is 11.5 Å². The summed E-state index contributed by atoms with van der Waals surface area (Å²) in [5.74, 6) is -1.64. The topological polar surface area (TPSA) is 127 Å². The van der Waals surface area contributed by atoms with Crippen molar-refractivity contribution < 1.29 is 19.8 Å². The van der Waals surface area contributed by atoms with E-state index >= 15 is 0 Å². The predicted octanol–water partition coefficient (Wildman–Crippen LogP) is 4.50. The molecule has 6 N–H and O–H groups in total. The van der Waals surface area contributed by atoms with Crippen molar-refractivity contribution in [3.63, 3.8) is 0 Å². The van der Waals surface area contributed by atoms with Crippen molar-refractivity contribution in [1.29, 1.82) is 0 Å². The Balaban J connectivity index is 2.14. The Kier molecular flexibility index (Phi) is 6.34. The number of hydrogen-bond acceptors (Lipinski definition) is 6. The van der Waals surface area contributed by atoms with Crippen LogP contribution in [0.1, 0.15) is 95.3 Å². The lowest BCUT2D eigenvalue weighted by molar-refractivity contribution is 0.0975. The second-order valence-corrected chi connectivity index (χ2v) is 8.01. The van der Waals surface area contributed by atoms with Crippen LogP contribution in [0.2, 0.25) is 0 Å². The van der Waals surface area contributed by atoms with Crippen LogP contribution in [0.4, 0.5) is 11.4 Å². The number of carbonyl (C=O) groups excluding carboxylic acids is 2. The Morgan fingerprint density at radius 2 is 1.30 bits per heavy atom. The normalized spacial score (nSPS) is 12.7. The Hall–Kier alpha value is -3.02. The highest BCUT2D eigenvalue weighted by molar-refractivity contribution is 6.33. The van der Waals surface area contributed by atoms with E-state index in [1.165, 1.54) is 6.07 Å². The van der Waals surface area contributed by atoms with Crippen LogP contribution in [0.5, 0.6) is 11.5 Å². The molecule has 1 aliphatic carbocycles. The lowest BCUT2D eigenvalue weighted by atomic mass is 9.79. The molecule has 0 bridgehead atoms. The minimum absolute atomic E-state index is 0.0283. The Morgan fingerprint density at radius 1 is 0.733 bits per heavy atom. The molecule has 0 unspecified atom stereocenters. The van der Waals surface area contributed by atoms with Gasteiger partial charge in [0.15, 0.2) is 0 Å². The van der Waals surface area contributed by atoms with Crippen LogP contribution in [0, 0.1) is 0 Å². The van der Waals surface area contributed by atoms with Gasteiger partial charge in [0.25, 0.3) is 0 Å². The highest BCUT2D eigenvalue weighted by Crippen LogP contribution is 2.44. The van der Waals surface area contributed by atoms with Crippen molar-refractivity contribution >= 4 is 22.9 Å². The SMILES string of the molecule is CCCCCc1cc(O)c2c(c1N)C(=O)c1c(O)c(CCCCC)cc(N)c1C2=O. The second-order valence-electron chi connectivity index (χ2n) is 8.01. The van der Waals surface area contributed by atoms with Gasteiger partial charge in [-0.05, 0) is 48.9 Å². The van der Waals surface area contributed by atoms with Crippen molar-refractivity contribution in [2.24, 2.45) is 0 Å². The first-order valence-electron chi connectivity index (χ1n) is 10.7. The van der Waals surface area contributed by atoms with Gasteiger partial charge in [0, 0.05) is 11.4 Å². The first kappa shape index (κ1) is 21.7. The van der Waals surface area contributed by atoms with Crippen molar-refractivity contribution in [3.05, 3.63) is 45.5 Å². The van der Waals surface area contributed by atoms with E-state index in [0.717, 1.165) is 38.5 Å². The average molecular weight is 411 g/mol. The summed E-state index contributed by atoms with van der Waals surface area (Å²) in [6, 6.07) is 3.02. The van der Waals surface area contributed by atoms with E-state index < -0.39 is 11.6 Å². The number of rotatable bonds is 8. The number of fused-ring (bicyclic) bond motifs is 2. The minimum Gasteiger partial charge on any atom is -0.507 e. The number of carbonyl (C=O) groups is 2. The smallest absolute Gasteiger partial charge is 0.200 e. The quantitative estimate of drug-likeness (QED) is 0.246. The predicted molar refractivity (Wildman–Crippen MR) is 118 cm³/mol. The number of phenols is 2. The van der Waals surface area contributed by atoms with Crippen LogP contribution in [-0.2, 0) is 12.8 Å². The van der Waals surface area contributed by atoms with Gasteiger partial charge in [0.1, 0.15) is 11.5 Å². The largest absolute Gasteiger partial charge is 0.507 e. The summed E-state index contributed by atoms with van der Waals surface area (Å²) in [4.78, 5) is 26.6. The summed E-state index contributed by atoms with van der Waals surface area (Å²) < 4.78 is 0. The molecule has 0 spiro atoms. The van der Waals surface area contributed by atoms with E-state index in [2.05, 4.69) is 13.8 Å².